The van der Waals surface area contributed by atoms with Crippen molar-refractivity contribution in [2.24, 2.45) is 5.73 Å². The first-order valence-corrected chi connectivity index (χ1v) is 8.12. The van der Waals surface area contributed by atoms with Gasteiger partial charge in [0.1, 0.15) is 5.75 Å². The number of carbonyl (C=O) groups is 2. The number of nitrogens with one attached hydrogen (secondary N) is 2. The molecule has 0 saturated heterocycles. The molecule has 0 saturated carbocycles. The van der Waals surface area contributed by atoms with Crippen LogP contribution in [0.4, 0.5) is 5.69 Å². The van der Waals surface area contributed by atoms with Gasteiger partial charge in [0.15, 0.2) is 6.10 Å². The van der Waals surface area contributed by atoms with Gasteiger partial charge in [-0.2, -0.15) is 0 Å². The minimum Gasteiger partial charge on any atom is -0.481 e. The smallest absolute Gasteiger partial charge is 0.265 e. The molecule has 25 heavy (non-hydrogen) atoms. The van der Waals surface area contributed by atoms with Crippen molar-refractivity contribution in [2.75, 3.05) is 18.4 Å². The van der Waals surface area contributed by atoms with Crippen LogP contribution in [0.5, 0.6) is 5.75 Å². The van der Waals surface area contributed by atoms with Crippen LogP contribution in [0.3, 0.4) is 0 Å². The van der Waals surface area contributed by atoms with Gasteiger partial charge in [-0.25, -0.2) is 0 Å². The molecule has 1 atom stereocenters. The summed E-state index contributed by atoms with van der Waals surface area (Å²) in [6.07, 6.45) is -0.707. The average molecular weight is 341 g/mol. The van der Waals surface area contributed by atoms with Gasteiger partial charge in [0.05, 0.1) is 11.3 Å². The van der Waals surface area contributed by atoms with Crippen LogP contribution in [-0.4, -0.2) is 31.0 Å². The third-order valence-corrected chi connectivity index (χ3v) is 3.53. The minimum atomic E-state index is -0.707. The highest BCUT2D eigenvalue weighted by Gasteiger charge is 2.18. The molecular weight excluding hydrogens is 318 g/mol. The number of benzene rings is 2. The van der Waals surface area contributed by atoms with Crippen molar-refractivity contribution >= 4 is 17.5 Å². The second-order valence-electron chi connectivity index (χ2n) is 5.66. The molecule has 0 radical (unpaired) electrons. The van der Waals surface area contributed by atoms with Crippen LogP contribution in [0.1, 0.15) is 22.8 Å². The Balaban J connectivity index is 2.05. The second-order valence-corrected chi connectivity index (χ2v) is 5.66. The molecule has 0 aliphatic carbocycles. The number of carbonyl (C=O) groups excluding carboxylic acids is 2. The number of hydrogen-bond acceptors (Lipinski definition) is 4. The molecular formula is C19H23N3O3. The fraction of sp³-hybridized carbons (Fsp3) is 0.263. The standard InChI is InChI=1S/C19H23N3O3/c1-13-6-5-7-15(12-13)25-14(2)18(23)22-17-9-4-3-8-16(17)19(24)21-11-10-20/h3-9,12,14H,10-11,20H2,1-2H3,(H,21,24)(H,22,23). The van der Waals surface area contributed by atoms with Gasteiger partial charge in [-0.1, -0.05) is 24.3 Å². The molecule has 6 heteroatoms. The van der Waals surface area contributed by atoms with Crippen LogP contribution < -0.4 is 21.1 Å². The van der Waals surface area contributed by atoms with E-state index >= 15 is 0 Å². The first kappa shape index (κ1) is 18.5. The quantitative estimate of drug-likeness (QED) is 0.719. The second kappa shape index (κ2) is 8.84. The number of nitrogens with two attached hydrogens (primary N) is 1. The van der Waals surface area contributed by atoms with Gasteiger partial charge in [0, 0.05) is 13.1 Å². The van der Waals surface area contributed by atoms with E-state index < -0.39 is 6.10 Å². The summed E-state index contributed by atoms with van der Waals surface area (Å²) in [5.41, 5.74) is 7.26. The average Bonchev–Trinajstić information content (AvgIpc) is 2.60. The van der Waals surface area contributed by atoms with Gasteiger partial charge >= 0.3 is 0 Å². The summed E-state index contributed by atoms with van der Waals surface area (Å²) in [6, 6.07) is 14.3. The Morgan fingerprint density at radius 2 is 1.92 bits per heavy atom. The molecule has 0 heterocycles. The highest BCUT2D eigenvalue weighted by molar-refractivity contribution is 6.04. The monoisotopic (exact) mass is 341 g/mol. The van der Waals surface area contributed by atoms with Crippen molar-refractivity contribution in [3.63, 3.8) is 0 Å². The topological polar surface area (TPSA) is 93.4 Å². The number of rotatable bonds is 7. The summed E-state index contributed by atoms with van der Waals surface area (Å²) < 4.78 is 5.67. The molecule has 2 amide bonds. The molecule has 6 nitrogen and oxygen atoms in total. The molecule has 4 N–H and O–H groups in total. The van der Waals surface area contributed by atoms with Crippen LogP contribution in [-0.2, 0) is 4.79 Å². The lowest BCUT2D eigenvalue weighted by atomic mass is 10.1. The van der Waals surface area contributed by atoms with E-state index in [0.29, 0.717) is 30.1 Å². The van der Waals surface area contributed by atoms with Gasteiger partial charge < -0.3 is 21.1 Å². The number of ether oxygens (including phenoxy) is 1. The van der Waals surface area contributed by atoms with Crippen LogP contribution in [0.25, 0.3) is 0 Å². The molecule has 0 aromatic heterocycles. The van der Waals surface area contributed by atoms with E-state index in [2.05, 4.69) is 10.6 Å². The van der Waals surface area contributed by atoms with Crippen LogP contribution >= 0.6 is 0 Å². The third-order valence-electron chi connectivity index (χ3n) is 3.53. The Kier molecular flexibility index (Phi) is 6.54. The lowest BCUT2D eigenvalue weighted by Crippen LogP contribution is -2.32. The van der Waals surface area contributed by atoms with Crippen molar-refractivity contribution in [3.8, 4) is 5.75 Å². The Labute approximate surface area is 147 Å². The largest absolute Gasteiger partial charge is 0.481 e. The summed E-state index contributed by atoms with van der Waals surface area (Å²) >= 11 is 0. The summed E-state index contributed by atoms with van der Waals surface area (Å²) in [4.78, 5) is 24.6. The van der Waals surface area contributed by atoms with Crippen LogP contribution in [0.15, 0.2) is 48.5 Å². The van der Waals surface area contributed by atoms with Gasteiger partial charge in [-0.3, -0.25) is 9.59 Å². The molecule has 0 bridgehead atoms. The molecule has 0 spiro atoms. The van der Waals surface area contributed by atoms with Crippen molar-refractivity contribution in [1.29, 1.82) is 0 Å². The highest BCUT2D eigenvalue weighted by atomic mass is 16.5. The fourth-order valence-electron chi connectivity index (χ4n) is 2.25. The maximum atomic E-state index is 12.4. The predicted molar refractivity (Wildman–Crippen MR) is 97.7 cm³/mol. The van der Waals surface area contributed by atoms with E-state index in [-0.39, 0.29) is 11.8 Å². The number of para-hydroxylation sites is 1. The molecule has 0 fully saturated rings. The van der Waals surface area contributed by atoms with Crippen LogP contribution in [0.2, 0.25) is 0 Å². The molecule has 132 valence electrons. The molecule has 1 unspecified atom stereocenters. The summed E-state index contributed by atoms with van der Waals surface area (Å²) in [7, 11) is 0. The summed E-state index contributed by atoms with van der Waals surface area (Å²) in [5.74, 6) is 0.00538. The van der Waals surface area contributed by atoms with Crippen molar-refractivity contribution in [3.05, 3.63) is 59.7 Å². The molecule has 0 aliphatic rings. The Hall–Kier alpha value is -2.86. The van der Waals surface area contributed by atoms with E-state index in [1.807, 2.05) is 25.1 Å². The number of anilines is 1. The van der Waals surface area contributed by atoms with E-state index in [4.69, 9.17) is 10.5 Å². The maximum Gasteiger partial charge on any atom is 0.265 e. The number of aryl methyl sites for hydroxylation is 1. The summed E-state index contributed by atoms with van der Waals surface area (Å²) in [6.45, 7) is 4.33. The maximum absolute atomic E-state index is 12.4. The van der Waals surface area contributed by atoms with Crippen molar-refractivity contribution in [2.45, 2.75) is 20.0 Å². The molecule has 2 aromatic carbocycles. The van der Waals surface area contributed by atoms with Crippen molar-refractivity contribution < 1.29 is 14.3 Å². The van der Waals surface area contributed by atoms with E-state index in [9.17, 15) is 9.59 Å². The zero-order valence-corrected chi connectivity index (χ0v) is 14.4. The van der Waals surface area contributed by atoms with E-state index in [1.54, 1.807) is 37.3 Å². The lowest BCUT2D eigenvalue weighted by molar-refractivity contribution is -0.122. The zero-order valence-electron chi connectivity index (χ0n) is 14.4. The zero-order chi connectivity index (χ0) is 18.2. The molecule has 2 rings (SSSR count). The van der Waals surface area contributed by atoms with Crippen molar-refractivity contribution in [1.82, 2.24) is 5.32 Å². The SMILES string of the molecule is Cc1cccc(OC(C)C(=O)Nc2ccccc2C(=O)NCCN)c1. The Morgan fingerprint density at radius 3 is 2.64 bits per heavy atom. The lowest BCUT2D eigenvalue weighted by Gasteiger charge is -2.16. The predicted octanol–water partition coefficient (Wildman–Crippen LogP) is 2.09. The Morgan fingerprint density at radius 1 is 1.16 bits per heavy atom. The fourth-order valence-corrected chi connectivity index (χ4v) is 2.25. The first-order chi connectivity index (χ1) is 12.0. The van der Waals surface area contributed by atoms with Gasteiger partial charge in [0.25, 0.3) is 11.8 Å². The Bertz CT molecular complexity index is 746. The minimum absolute atomic E-state index is 0.284. The molecule has 0 aliphatic heterocycles. The number of hydrogen-bond donors (Lipinski definition) is 3. The highest BCUT2D eigenvalue weighted by Crippen LogP contribution is 2.17. The van der Waals surface area contributed by atoms with Gasteiger partial charge in [0.2, 0.25) is 0 Å². The number of amides is 2. The summed E-state index contributed by atoms with van der Waals surface area (Å²) in [5, 5.41) is 5.44. The van der Waals surface area contributed by atoms with Gasteiger partial charge in [-0.15, -0.1) is 0 Å². The van der Waals surface area contributed by atoms with Gasteiger partial charge in [-0.05, 0) is 43.7 Å². The first-order valence-electron chi connectivity index (χ1n) is 8.12. The van der Waals surface area contributed by atoms with Crippen LogP contribution in [0, 0.1) is 6.92 Å². The molecule has 2 aromatic rings. The van der Waals surface area contributed by atoms with E-state index in [1.165, 1.54) is 0 Å². The van der Waals surface area contributed by atoms with E-state index in [0.717, 1.165) is 5.56 Å². The third kappa shape index (κ3) is 5.32. The normalized spacial score (nSPS) is 11.5.